The maximum atomic E-state index is 12.0. The van der Waals surface area contributed by atoms with Crippen molar-refractivity contribution >= 4 is 17.4 Å². The molecule has 1 aliphatic carbocycles. The van der Waals surface area contributed by atoms with Crippen molar-refractivity contribution in [2.75, 3.05) is 31.2 Å². The van der Waals surface area contributed by atoms with Gasteiger partial charge in [0.2, 0.25) is 0 Å². The summed E-state index contributed by atoms with van der Waals surface area (Å²) in [6.45, 7) is 3.62. The van der Waals surface area contributed by atoms with Gasteiger partial charge in [0.1, 0.15) is 0 Å². The molecule has 5 heterocycles. The number of anilines is 1. The van der Waals surface area contributed by atoms with Gasteiger partial charge in [0.05, 0.1) is 31.4 Å². The molecule has 2 unspecified atom stereocenters. The van der Waals surface area contributed by atoms with Gasteiger partial charge in [0.15, 0.2) is 5.82 Å². The van der Waals surface area contributed by atoms with Gasteiger partial charge < -0.3 is 20.3 Å². The highest BCUT2D eigenvalue weighted by atomic mass is 16.5. The summed E-state index contributed by atoms with van der Waals surface area (Å²) in [6.07, 6.45) is 15.0. The van der Waals surface area contributed by atoms with Crippen LogP contribution in [-0.2, 0) is 24.8 Å². The summed E-state index contributed by atoms with van der Waals surface area (Å²) in [6, 6.07) is 0.171. The number of nitrogens with two attached hydrogens (primary N) is 1. The van der Waals surface area contributed by atoms with Gasteiger partial charge in [-0.15, -0.1) is 0 Å². The predicted molar refractivity (Wildman–Crippen MR) is 125 cm³/mol. The van der Waals surface area contributed by atoms with Gasteiger partial charge in [-0.1, -0.05) is 18.2 Å². The van der Waals surface area contributed by atoms with Crippen LogP contribution in [0.5, 0.6) is 0 Å². The van der Waals surface area contributed by atoms with Crippen molar-refractivity contribution < 1.29 is 9.53 Å². The summed E-state index contributed by atoms with van der Waals surface area (Å²) in [5.74, 6) is 1.44. The van der Waals surface area contributed by atoms with Gasteiger partial charge in [0, 0.05) is 62.1 Å². The lowest BCUT2D eigenvalue weighted by molar-refractivity contribution is 0.182. The molecule has 2 aromatic heterocycles. The Balaban J connectivity index is 1.35. The molecule has 9 nitrogen and oxygen atoms in total. The number of nitrogens with zero attached hydrogens (tertiary/aromatic N) is 6. The lowest BCUT2D eigenvalue weighted by atomic mass is 9.82. The number of allylic oxidation sites excluding steroid dienone is 2. The van der Waals surface area contributed by atoms with E-state index in [1.165, 1.54) is 11.3 Å². The Labute approximate surface area is 193 Å². The maximum absolute atomic E-state index is 12.0. The second-order valence-corrected chi connectivity index (χ2v) is 9.59. The maximum Gasteiger partial charge on any atom is 0.315 e. The van der Waals surface area contributed by atoms with E-state index in [4.69, 9.17) is 15.6 Å². The number of carbonyl (C=O) groups excluding carboxylic acids is 1. The summed E-state index contributed by atoms with van der Waals surface area (Å²) >= 11 is 0. The van der Waals surface area contributed by atoms with Crippen molar-refractivity contribution in [3.63, 3.8) is 0 Å². The zero-order valence-electron chi connectivity index (χ0n) is 19.1. The molecule has 33 heavy (non-hydrogen) atoms. The molecular formula is C24H31N7O2. The van der Waals surface area contributed by atoms with Crippen molar-refractivity contribution in [2.24, 2.45) is 18.7 Å². The van der Waals surface area contributed by atoms with Gasteiger partial charge in [0.25, 0.3) is 0 Å². The molecule has 9 heteroatoms. The van der Waals surface area contributed by atoms with E-state index in [0.717, 1.165) is 55.8 Å². The first kappa shape index (κ1) is 20.5. The first-order chi connectivity index (χ1) is 16.1. The molecule has 2 saturated heterocycles. The molecule has 3 atom stereocenters. The number of hydrogen-bond donors (Lipinski definition) is 1. The third kappa shape index (κ3) is 3.55. The number of amides is 2. The molecule has 4 aliphatic rings. The fraction of sp³-hybridized carbons (Fsp3) is 0.542. The summed E-state index contributed by atoms with van der Waals surface area (Å²) < 4.78 is 9.72. The quantitative estimate of drug-likeness (QED) is 0.776. The third-order valence-corrected chi connectivity index (χ3v) is 7.54. The van der Waals surface area contributed by atoms with Gasteiger partial charge in [-0.25, -0.2) is 4.79 Å². The molecule has 3 aliphatic heterocycles. The van der Waals surface area contributed by atoms with E-state index in [-0.39, 0.29) is 18.1 Å². The Morgan fingerprint density at radius 2 is 2.18 bits per heavy atom. The average molecular weight is 450 g/mol. The second kappa shape index (κ2) is 8.06. The van der Waals surface area contributed by atoms with E-state index < -0.39 is 0 Å². The number of aromatic nitrogens is 4. The van der Waals surface area contributed by atoms with Crippen LogP contribution in [0.1, 0.15) is 42.1 Å². The van der Waals surface area contributed by atoms with E-state index >= 15 is 0 Å². The zero-order chi connectivity index (χ0) is 22.5. The second-order valence-electron chi connectivity index (χ2n) is 9.59. The molecule has 0 saturated carbocycles. The number of urea groups is 1. The van der Waals surface area contributed by atoms with Crippen molar-refractivity contribution in [2.45, 2.75) is 44.3 Å². The van der Waals surface area contributed by atoms with Gasteiger partial charge in [-0.3, -0.25) is 9.36 Å². The van der Waals surface area contributed by atoms with Crippen molar-refractivity contribution in [1.29, 1.82) is 0 Å². The molecule has 0 spiro atoms. The number of aryl methyl sites for hydroxylation is 1. The van der Waals surface area contributed by atoms with Crippen LogP contribution in [0.25, 0.3) is 5.57 Å². The van der Waals surface area contributed by atoms with Crippen LogP contribution < -0.4 is 10.6 Å². The zero-order valence-corrected chi connectivity index (χ0v) is 19.1. The van der Waals surface area contributed by atoms with E-state index in [1.807, 2.05) is 17.9 Å². The van der Waals surface area contributed by atoms with Crippen molar-refractivity contribution in [1.82, 2.24) is 24.5 Å². The number of ether oxygens (including phenoxy) is 1. The fourth-order valence-corrected chi connectivity index (χ4v) is 5.84. The van der Waals surface area contributed by atoms with E-state index in [2.05, 4.69) is 39.1 Å². The summed E-state index contributed by atoms with van der Waals surface area (Å²) in [7, 11) is 1.95. The highest BCUT2D eigenvalue weighted by Gasteiger charge is 2.37. The van der Waals surface area contributed by atoms with Crippen molar-refractivity contribution in [3.05, 3.63) is 47.4 Å². The first-order valence-electron chi connectivity index (χ1n) is 12.0. The first-order valence-corrected chi connectivity index (χ1v) is 12.0. The lowest BCUT2D eigenvalue weighted by Crippen LogP contribution is -2.46. The minimum atomic E-state index is -0.360. The number of rotatable bonds is 3. The Morgan fingerprint density at radius 3 is 2.94 bits per heavy atom. The monoisotopic (exact) mass is 449 g/mol. The number of carbonyl (C=O) groups is 1. The van der Waals surface area contributed by atoms with Gasteiger partial charge in [-0.2, -0.15) is 10.2 Å². The average Bonchev–Trinajstić information content (AvgIpc) is 3.57. The lowest BCUT2D eigenvalue weighted by Gasteiger charge is -2.41. The molecule has 2 amide bonds. The SMILES string of the molecule is Cn1cc(C2=CC3CCCN(c4nn([C@H]5CCOC5)c5c4CN(C(N)=O)CC5)C3C=C2)cn1. The smallest absolute Gasteiger partial charge is 0.315 e. The Morgan fingerprint density at radius 1 is 1.27 bits per heavy atom. The minimum absolute atomic E-state index is 0.260. The topological polar surface area (TPSA) is 94.4 Å². The Kier molecular flexibility index (Phi) is 5.01. The van der Waals surface area contributed by atoms with Gasteiger partial charge in [-0.05, 0) is 24.8 Å². The molecule has 0 aromatic carbocycles. The standard InChI is InChI=1S/C24H31N7O2/c1-28-13-18(12-26-28)16-4-5-21-17(11-16)3-2-8-30(21)23-20-14-29(24(25)32)9-6-22(20)31(27-23)19-7-10-33-15-19/h4-5,11-13,17,19,21H,2-3,6-10,14-15H2,1H3,(H2,25,32)/t17?,19-,21?/m0/s1. The molecule has 0 bridgehead atoms. The van der Waals surface area contributed by atoms with E-state index in [1.54, 1.807) is 4.90 Å². The Hall–Kier alpha value is -3.07. The number of piperidine rings is 1. The number of fused-ring (bicyclic) bond motifs is 2. The molecule has 0 radical (unpaired) electrons. The molecule has 174 valence electrons. The van der Waals surface area contributed by atoms with Crippen LogP contribution in [0.3, 0.4) is 0 Å². The van der Waals surface area contributed by atoms with Crippen LogP contribution in [-0.4, -0.2) is 62.8 Å². The fourth-order valence-electron chi connectivity index (χ4n) is 5.84. The van der Waals surface area contributed by atoms with Crippen LogP contribution in [0.15, 0.2) is 30.6 Å². The normalized spacial score (nSPS) is 26.8. The number of primary amides is 1. The molecule has 2 N–H and O–H groups in total. The molecule has 2 aromatic rings. The summed E-state index contributed by atoms with van der Waals surface area (Å²) in [5.41, 5.74) is 10.5. The van der Waals surface area contributed by atoms with Crippen LogP contribution in [0.4, 0.5) is 10.6 Å². The van der Waals surface area contributed by atoms with Gasteiger partial charge >= 0.3 is 6.03 Å². The number of hydrogen-bond acceptors (Lipinski definition) is 5. The molecular weight excluding hydrogens is 418 g/mol. The highest BCUT2D eigenvalue weighted by molar-refractivity contribution is 5.76. The Bertz CT molecular complexity index is 1120. The largest absolute Gasteiger partial charge is 0.379 e. The summed E-state index contributed by atoms with van der Waals surface area (Å²) in [5, 5.41) is 9.51. The van der Waals surface area contributed by atoms with Crippen molar-refractivity contribution in [3.8, 4) is 0 Å². The van der Waals surface area contributed by atoms with Crippen LogP contribution >= 0.6 is 0 Å². The minimum Gasteiger partial charge on any atom is -0.379 e. The third-order valence-electron chi connectivity index (χ3n) is 7.54. The van der Waals surface area contributed by atoms with E-state index in [9.17, 15) is 4.79 Å². The molecule has 6 rings (SSSR count). The highest BCUT2D eigenvalue weighted by Crippen LogP contribution is 2.39. The predicted octanol–water partition coefficient (Wildman–Crippen LogP) is 2.25. The van der Waals surface area contributed by atoms with E-state index in [0.29, 0.717) is 25.6 Å². The van der Waals surface area contributed by atoms with Crippen LogP contribution in [0, 0.1) is 5.92 Å². The molecule has 2 fully saturated rings. The summed E-state index contributed by atoms with van der Waals surface area (Å²) in [4.78, 5) is 16.2. The van der Waals surface area contributed by atoms with Crippen LogP contribution in [0.2, 0.25) is 0 Å².